The molecule has 1 amide bonds. The summed E-state index contributed by atoms with van der Waals surface area (Å²) in [5, 5.41) is 3.85. The number of carbonyl (C=O) groups excluding carboxylic acids is 1. The highest BCUT2D eigenvalue weighted by molar-refractivity contribution is 5.80. The Labute approximate surface area is 143 Å². The number of alkyl halides is 3. The summed E-state index contributed by atoms with van der Waals surface area (Å²) in [7, 11) is 0. The maximum Gasteiger partial charge on any atom is 0.416 e. The Balaban J connectivity index is 1.51. The monoisotopic (exact) mass is 346 g/mol. The van der Waals surface area contributed by atoms with E-state index in [-0.39, 0.29) is 12.5 Å². The van der Waals surface area contributed by atoms with E-state index in [1.54, 1.807) is 0 Å². The Hall–Kier alpha value is -2.76. The molecule has 0 radical (unpaired) electrons. The molecular weight excluding hydrogens is 329 g/mol. The van der Waals surface area contributed by atoms with E-state index < -0.39 is 11.7 Å². The highest BCUT2D eigenvalue weighted by Gasteiger charge is 2.29. The summed E-state index contributed by atoms with van der Waals surface area (Å²) in [6.07, 6.45) is -2.10. The van der Waals surface area contributed by atoms with Gasteiger partial charge in [0.2, 0.25) is 5.91 Å². The Morgan fingerprint density at radius 1 is 1.00 bits per heavy atom. The van der Waals surface area contributed by atoms with Crippen LogP contribution >= 0.6 is 0 Å². The summed E-state index contributed by atoms with van der Waals surface area (Å²) >= 11 is 0. The summed E-state index contributed by atoms with van der Waals surface area (Å²) in [5.74, 6) is -0.141. The SMILES string of the molecule is O=C(CCn1ccc2ccccc21)NCc1ccc(C(F)(F)F)cc1. The van der Waals surface area contributed by atoms with Crippen LogP contribution in [-0.4, -0.2) is 10.5 Å². The van der Waals surface area contributed by atoms with Crippen LogP contribution in [0.5, 0.6) is 0 Å². The topological polar surface area (TPSA) is 34.0 Å². The predicted octanol–water partition coefficient (Wildman–Crippen LogP) is 4.37. The Morgan fingerprint density at radius 3 is 2.44 bits per heavy atom. The quantitative estimate of drug-likeness (QED) is 0.731. The molecule has 0 aliphatic rings. The highest BCUT2D eigenvalue weighted by Crippen LogP contribution is 2.29. The van der Waals surface area contributed by atoms with Gasteiger partial charge in [0.15, 0.2) is 0 Å². The maximum atomic E-state index is 12.5. The highest BCUT2D eigenvalue weighted by atomic mass is 19.4. The van der Waals surface area contributed by atoms with E-state index in [0.717, 1.165) is 23.0 Å². The van der Waals surface area contributed by atoms with Crippen LogP contribution in [0.25, 0.3) is 10.9 Å². The molecule has 0 atom stereocenters. The van der Waals surface area contributed by atoms with Crippen LogP contribution in [0.15, 0.2) is 60.8 Å². The van der Waals surface area contributed by atoms with Crippen molar-refractivity contribution in [1.29, 1.82) is 0 Å². The Kier molecular flexibility index (Phi) is 4.79. The van der Waals surface area contributed by atoms with Crippen LogP contribution < -0.4 is 5.32 Å². The normalized spacial score (nSPS) is 11.6. The van der Waals surface area contributed by atoms with Gasteiger partial charge in [0, 0.05) is 31.2 Å². The molecule has 25 heavy (non-hydrogen) atoms. The molecule has 0 spiro atoms. The lowest BCUT2D eigenvalue weighted by atomic mass is 10.1. The number of halogens is 3. The maximum absolute atomic E-state index is 12.5. The Morgan fingerprint density at radius 2 is 1.72 bits per heavy atom. The van der Waals surface area contributed by atoms with Gasteiger partial charge in [-0.15, -0.1) is 0 Å². The van der Waals surface area contributed by atoms with Crippen molar-refractivity contribution in [2.24, 2.45) is 0 Å². The first-order valence-corrected chi connectivity index (χ1v) is 7.90. The van der Waals surface area contributed by atoms with Crippen molar-refractivity contribution in [2.75, 3.05) is 0 Å². The summed E-state index contributed by atoms with van der Waals surface area (Å²) in [4.78, 5) is 12.0. The molecule has 6 heteroatoms. The molecule has 0 aliphatic carbocycles. The van der Waals surface area contributed by atoms with Gasteiger partial charge in [-0.3, -0.25) is 4.79 Å². The van der Waals surface area contributed by atoms with E-state index in [1.165, 1.54) is 12.1 Å². The second kappa shape index (κ2) is 7.01. The van der Waals surface area contributed by atoms with Crippen LogP contribution in [-0.2, 0) is 24.1 Å². The van der Waals surface area contributed by atoms with Crippen molar-refractivity contribution >= 4 is 16.8 Å². The largest absolute Gasteiger partial charge is 0.416 e. The third-order valence-corrected chi connectivity index (χ3v) is 4.03. The summed E-state index contributed by atoms with van der Waals surface area (Å²) < 4.78 is 39.5. The van der Waals surface area contributed by atoms with Gasteiger partial charge in [-0.25, -0.2) is 0 Å². The van der Waals surface area contributed by atoms with Crippen molar-refractivity contribution in [3.05, 3.63) is 71.9 Å². The van der Waals surface area contributed by atoms with Gasteiger partial charge < -0.3 is 9.88 Å². The van der Waals surface area contributed by atoms with Gasteiger partial charge in [0.1, 0.15) is 0 Å². The molecule has 0 saturated heterocycles. The van der Waals surface area contributed by atoms with E-state index in [4.69, 9.17) is 0 Å². The predicted molar refractivity (Wildman–Crippen MR) is 89.8 cm³/mol. The number of carbonyl (C=O) groups is 1. The fourth-order valence-corrected chi connectivity index (χ4v) is 2.66. The zero-order chi connectivity index (χ0) is 17.9. The fourth-order valence-electron chi connectivity index (χ4n) is 2.66. The third-order valence-electron chi connectivity index (χ3n) is 4.03. The molecule has 0 saturated carbocycles. The molecule has 3 nitrogen and oxygen atoms in total. The van der Waals surface area contributed by atoms with Gasteiger partial charge in [-0.1, -0.05) is 30.3 Å². The number of para-hydroxylation sites is 1. The first-order valence-electron chi connectivity index (χ1n) is 7.90. The number of nitrogens with one attached hydrogen (secondary N) is 1. The van der Waals surface area contributed by atoms with Gasteiger partial charge >= 0.3 is 6.18 Å². The number of aromatic nitrogens is 1. The number of hydrogen-bond donors (Lipinski definition) is 1. The van der Waals surface area contributed by atoms with Crippen LogP contribution in [0, 0.1) is 0 Å². The van der Waals surface area contributed by atoms with Crippen molar-refractivity contribution in [2.45, 2.75) is 25.7 Å². The van der Waals surface area contributed by atoms with Gasteiger partial charge in [-0.2, -0.15) is 13.2 Å². The first-order chi connectivity index (χ1) is 11.9. The standard InChI is InChI=1S/C19H17F3N2O/c20-19(21,22)16-7-5-14(6-8-16)13-23-18(25)10-12-24-11-9-15-3-1-2-4-17(15)24/h1-9,11H,10,12-13H2,(H,23,25). The molecule has 0 fully saturated rings. The van der Waals surface area contributed by atoms with Gasteiger partial charge in [-0.05, 0) is 35.2 Å². The number of hydrogen-bond acceptors (Lipinski definition) is 1. The molecule has 130 valence electrons. The molecule has 1 heterocycles. The summed E-state index contributed by atoms with van der Waals surface area (Å²) in [5.41, 5.74) is 1.01. The lowest BCUT2D eigenvalue weighted by Gasteiger charge is -2.09. The molecular formula is C19H17F3N2O. The van der Waals surface area contributed by atoms with E-state index in [1.807, 2.05) is 41.1 Å². The van der Waals surface area contributed by atoms with Gasteiger partial charge in [0.05, 0.1) is 5.56 Å². The Bertz CT molecular complexity index is 866. The number of benzene rings is 2. The minimum Gasteiger partial charge on any atom is -0.352 e. The zero-order valence-electron chi connectivity index (χ0n) is 13.4. The molecule has 0 aliphatic heterocycles. The second-order valence-corrected chi connectivity index (χ2v) is 5.79. The molecule has 2 aromatic carbocycles. The molecule has 1 N–H and O–H groups in total. The van der Waals surface area contributed by atoms with Crippen molar-refractivity contribution in [3.8, 4) is 0 Å². The van der Waals surface area contributed by atoms with Crippen LogP contribution in [0.2, 0.25) is 0 Å². The molecule has 3 aromatic rings. The van der Waals surface area contributed by atoms with Crippen molar-refractivity contribution < 1.29 is 18.0 Å². The van der Waals surface area contributed by atoms with Gasteiger partial charge in [0.25, 0.3) is 0 Å². The first kappa shape index (κ1) is 17.1. The average molecular weight is 346 g/mol. The molecule has 1 aromatic heterocycles. The van der Waals surface area contributed by atoms with Crippen molar-refractivity contribution in [1.82, 2.24) is 9.88 Å². The number of fused-ring (bicyclic) bond motifs is 1. The number of rotatable bonds is 5. The minimum atomic E-state index is -4.35. The number of aryl methyl sites for hydroxylation is 1. The number of nitrogens with zero attached hydrogens (tertiary/aromatic N) is 1. The van der Waals surface area contributed by atoms with Crippen LogP contribution in [0.1, 0.15) is 17.5 Å². The van der Waals surface area contributed by atoms with E-state index in [9.17, 15) is 18.0 Å². The summed E-state index contributed by atoms with van der Waals surface area (Å²) in [6, 6.07) is 14.7. The van der Waals surface area contributed by atoms with E-state index in [0.29, 0.717) is 18.5 Å². The minimum absolute atomic E-state index is 0.141. The smallest absolute Gasteiger partial charge is 0.352 e. The third kappa shape index (κ3) is 4.21. The molecule has 3 rings (SSSR count). The average Bonchev–Trinajstić information content (AvgIpc) is 3.01. The van der Waals surface area contributed by atoms with E-state index >= 15 is 0 Å². The zero-order valence-corrected chi connectivity index (χ0v) is 13.4. The lowest BCUT2D eigenvalue weighted by Crippen LogP contribution is -2.23. The molecule has 0 bridgehead atoms. The molecule has 0 unspecified atom stereocenters. The van der Waals surface area contributed by atoms with E-state index in [2.05, 4.69) is 5.32 Å². The fraction of sp³-hybridized carbons (Fsp3) is 0.211. The lowest BCUT2D eigenvalue weighted by molar-refractivity contribution is -0.137. The second-order valence-electron chi connectivity index (χ2n) is 5.79. The summed E-state index contributed by atoms with van der Waals surface area (Å²) in [6.45, 7) is 0.760. The van der Waals surface area contributed by atoms with Crippen molar-refractivity contribution in [3.63, 3.8) is 0 Å². The van der Waals surface area contributed by atoms with Crippen LogP contribution in [0.4, 0.5) is 13.2 Å². The van der Waals surface area contributed by atoms with Crippen LogP contribution in [0.3, 0.4) is 0 Å². The number of amides is 1.